The van der Waals surface area contributed by atoms with Gasteiger partial charge < -0.3 is 15.2 Å². The molecule has 5 rings (SSSR count). The van der Waals surface area contributed by atoms with E-state index < -0.39 is 5.91 Å². The molecular formula is C28H30N4O2. The molecule has 3 heterocycles. The maximum Gasteiger partial charge on any atom is 0.261 e. The molecule has 2 N–H and O–H groups in total. The Bertz CT molecular complexity index is 1360. The van der Waals surface area contributed by atoms with E-state index in [4.69, 9.17) is 0 Å². The summed E-state index contributed by atoms with van der Waals surface area (Å²) < 4.78 is 0. The van der Waals surface area contributed by atoms with E-state index in [1.54, 1.807) is 0 Å². The second kappa shape index (κ2) is 9.00. The summed E-state index contributed by atoms with van der Waals surface area (Å²) in [6, 6.07) is 12.9. The standard InChI is InChI=1S/C28H30N4O2/c1-18-6-4-8-25-26(18)27(33)23(17-29-25)28(34)30-24-14-13-22(16-19(24)7-5-15-31(2)3)32-20-9-10-21(32)12-11-20/h4,6,8,13-14,16-17,20-21H,9-12,15H2,1-3H3,(H,29,33)(H,30,34). The molecule has 6 nitrogen and oxygen atoms in total. The molecule has 0 saturated carbocycles. The van der Waals surface area contributed by atoms with Crippen molar-refractivity contribution in [2.24, 2.45) is 0 Å². The fourth-order valence-electron chi connectivity index (χ4n) is 5.33. The molecule has 2 aliphatic rings. The van der Waals surface area contributed by atoms with Gasteiger partial charge in [0.25, 0.3) is 5.91 Å². The molecule has 2 saturated heterocycles. The minimum absolute atomic E-state index is 0.0932. The summed E-state index contributed by atoms with van der Waals surface area (Å²) in [5.41, 5.74) is 3.94. The molecule has 1 aromatic heterocycles. The quantitative estimate of drug-likeness (QED) is 0.582. The average molecular weight is 455 g/mol. The number of amides is 1. The average Bonchev–Trinajstić information content (AvgIpc) is 3.41. The van der Waals surface area contributed by atoms with Crippen molar-refractivity contribution in [3.8, 4) is 11.8 Å². The number of hydrogen-bond acceptors (Lipinski definition) is 4. The van der Waals surface area contributed by atoms with Gasteiger partial charge in [-0.05, 0) is 76.5 Å². The van der Waals surface area contributed by atoms with Crippen LogP contribution in [0.3, 0.4) is 0 Å². The van der Waals surface area contributed by atoms with Crippen LogP contribution in [0, 0.1) is 18.8 Å². The Hall–Kier alpha value is -3.56. The van der Waals surface area contributed by atoms with Crippen LogP contribution in [0.25, 0.3) is 10.9 Å². The molecule has 2 aliphatic heterocycles. The zero-order valence-corrected chi connectivity index (χ0v) is 19.9. The van der Waals surface area contributed by atoms with Crippen molar-refractivity contribution < 1.29 is 4.79 Å². The molecule has 0 radical (unpaired) electrons. The first-order valence-electron chi connectivity index (χ1n) is 11.9. The molecular weight excluding hydrogens is 424 g/mol. The number of anilines is 2. The normalized spacial score (nSPS) is 18.9. The number of pyridine rings is 1. The summed E-state index contributed by atoms with van der Waals surface area (Å²) in [6.07, 6.45) is 6.47. The molecule has 0 atom stereocenters. The lowest BCUT2D eigenvalue weighted by Crippen LogP contribution is -2.28. The van der Waals surface area contributed by atoms with Gasteiger partial charge in [0.15, 0.2) is 0 Å². The van der Waals surface area contributed by atoms with Gasteiger partial charge in [0.05, 0.1) is 17.8 Å². The zero-order chi connectivity index (χ0) is 23.8. The molecule has 0 aliphatic carbocycles. The van der Waals surface area contributed by atoms with E-state index in [0.29, 0.717) is 29.7 Å². The highest BCUT2D eigenvalue weighted by molar-refractivity contribution is 6.06. The lowest BCUT2D eigenvalue weighted by Gasteiger charge is -2.25. The Morgan fingerprint density at radius 3 is 2.59 bits per heavy atom. The van der Waals surface area contributed by atoms with E-state index in [-0.39, 0.29) is 11.0 Å². The van der Waals surface area contributed by atoms with Gasteiger partial charge in [-0.1, -0.05) is 24.0 Å². The van der Waals surface area contributed by atoms with Crippen molar-refractivity contribution in [3.05, 3.63) is 69.5 Å². The third kappa shape index (κ3) is 4.08. The predicted molar refractivity (Wildman–Crippen MR) is 138 cm³/mol. The van der Waals surface area contributed by atoms with Crippen molar-refractivity contribution in [1.29, 1.82) is 0 Å². The van der Waals surface area contributed by atoms with Crippen LogP contribution >= 0.6 is 0 Å². The number of nitrogens with zero attached hydrogens (tertiary/aromatic N) is 2. The SMILES string of the molecule is Cc1cccc2[nH]cc(C(=O)Nc3ccc(N4C5CCC4CC5)cc3C#CCN(C)C)c(=O)c12. The second-order valence-electron chi connectivity index (χ2n) is 9.62. The number of aromatic nitrogens is 1. The van der Waals surface area contributed by atoms with Gasteiger partial charge in [-0.3, -0.25) is 14.5 Å². The number of fused-ring (bicyclic) bond motifs is 3. The highest BCUT2D eigenvalue weighted by Gasteiger charge is 2.39. The van der Waals surface area contributed by atoms with E-state index in [9.17, 15) is 9.59 Å². The molecule has 6 heteroatoms. The Morgan fingerprint density at radius 2 is 1.88 bits per heavy atom. The lowest BCUT2D eigenvalue weighted by molar-refractivity contribution is 0.102. The van der Waals surface area contributed by atoms with Crippen LogP contribution in [0.1, 0.15) is 47.2 Å². The number of hydrogen-bond donors (Lipinski definition) is 2. The van der Waals surface area contributed by atoms with E-state index in [1.807, 2.05) is 50.2 Å². The maximum atomic E-state index is 13.2. The highest BCUT2D eigenvalue weighted by Crippen LogP contribution is 2.41. The third-order valence-electron chi connectivity index (χ3n) is 6.98. The molecule has 2 fully saturated rings. The molecule has 174 valence electrons. The van der Waals surface area contributed by atoms with E-state index in [1.165, 1.54) is 31.9 Å². The van der Waals surface area contributed by atoms with Crippen molar-refractivity contribution in [3.63, 3.8) is 0 Å². The highest BCUT2D eigenvalue weighted by atomic mass is 16.2. The largest absolute Gasteiger partial charge is 0.366 e. The molecule has 1 amide bonds. The third-order valence-corrected chi connectivity index (χ3v) is 6.98. The Kier molecular flexibility index (Phi) is 5.89. The molecule has 0 spiro atoms. The minimum Gasteiger partial charge on any atom is -0.366 e. The van der Waals surface area contributed by atoms with Gasteiger partial charge in [0, 0.05) is 34.9 Å². The Balaban J connectivity index is 1.49. The first kappa shape index (κ1) is 22.2. The van der Waals surface area contributed by atoms with Crippen LogP contribution in [0.15, 0.2) is 47.4 Å². The summed E-state index contributed by atoms with van der Waals surface area (Å²) in [5.74, 6) is 6.01. The zero-order valence-electron chi connectivity index (χ0n) is 19.9. The number of H-pyrrole nitrogens is 1. The minimum atomic E-state index is -0.434. The fourth-order valence-corrected chi connectivity index (χ4v) is 5.33. The summed E-state index contributed by atoms with van der Waals surface area (Å²) in [5, 5.41) is 3.49. The van der Waals surface area contributed by atoms with Crippen LogP contribution < -0.4 is 15.6 Å². The van der Waals surface area contributed by atoms with Crippen LogP contribution in [-0.2, 0) is 0 Å². The molecule has 34 heavy (non-hydrogen) atoms. The van der Waals surface area contributed by atoms with Crippen LogP contribution in [0.4, 0.5) is 11.4 Å². The topological polar surface area (TPSA) is 68.4 Å². The summed E-state index contributed by atoms with van der Waals surface area (Å²) in [7, 11) is 3.95. The molecule has 2 bridgehead atoms. The van der Waals surface area contributed by atoms with Crippen LogP contribution in [0.5, 0.6) is 0 Å². The predicted octanol–water partition coefficient (Wildman–Crippen LogP) is 4.13. The number of aromatic amines is 1. The fraction of sp³-hybridized carbons (Fsp3) is 0.357. The van der Waals surface area contributed by atoms with E-state index >= 15 is 0 Å². The number of benzene rings is 2. The summed E-state index contributed by atoms with van der Waals surface area (Å²) in [4.78, 5) is 33.9. The molecule has 2 aromatic carbocycles. The molecule has 0 unspecified atom stereocenters. The number of aryl methyl sites for hydroxylation is 1. The molecule has 3 aromatic rings. The Morgan fingerprint density at radius 1 is 1.15 bits per heavy atom. The number of nitrogens with one attached hydrogen (secondary N) is 2. The van der Waals surface area contributed by atoms with E-state index in [0.717, 1.165) is 22.3 Å². The summed E-state index contributed by atoms with van der Waals surface area (Å²) in [6.45, 7) is 2.50. The van der Waals surface area contributed by atoms with Crippen LogP contribution in [0.2, 0.25) is 0 Å². The van der Waals surface area contributed by atoms with Gasteiger partial charge in [0.1, 0.15) is 5.56 Å². The second-order valence-corrected chi connectivity index (χ2v) is 9.62. The Labute approximate surface area is 200 Å². The van der Waals surface area contributed by atoms with Crippen molar-refractivity contribution in [2.45, 2.75) is 44.7 Å². The first-order chi connectivity index (χ1) is 16.4. The van der Waals surface area contributed by atoms with Crippen molar-refractivity contribution in [2.75, 3.05) is 30.9 Å². The van der Waals surface area contributed by atoms with Gasteiger partial charge in [0.2, 0.25) is 5.43 Å². The number of carbonyl (C=O) groups is 1. The van der Waals surface area contributed by atoms with Crippen molar-refractivity contribution >= 4 is 28.2 Å². The van der Waals surface area contributed by atoms with Gasteiger partial charge in [-0.25, -0.2) is 0 Å². The lowest BCUT2D eigenvalue weighted by atomic mass is 10.0. The van der Waals surface area contributed by atoms with Gasteiger partial charge in [-0.15, -0.1) is 0 Å². The van der Waals surface area contributed by atoms with Crippen molar-refractivity contribution in [1.82, 2.24) is 9.88 Å². The van der Waals surface area contributed by atoms with Crippen LogP contribution in [-0.4, -0.2) is 48.5 Å². The smallest absolute Gasteiger partial charge is 0.261 e. The monoisotopic (exact) mass is 454 g/mol. The van der Waals surface area contributed by atoms with Gasteiger partial charge >= 0.3 is 0 Å². The number of carbonyl (C=O) groups excluding carboxylic acids is 1. The van der Waals surface area contributed by atoms with Gasteiger partial charge in [-0.2, -0.15) is 0 Å². The first-order valence-corrected chi connectivity index (χ1v) is 11.9. The number of rotatable bonds is 4. The summed E-state index contributed by atoms with van der Waals surface area (Å²) >= 11 is 0. The van der Waals surface area contributed by atoms with E-state index in [2.05, 4.69) is 39.2 Å². The maximum absolute atomic E-state index is 13.2.